The maximum absolute atomic E-state index is 14.1. The molecular formula is C36H50N9O6S+. The molecule has 7 rings (SSSR count). The molecular weight excluding hydrogens is 687 g/mol. The molecule has 3 fully saturated rings. The number of piperazine rings is 1. The summed E-state index contributed by atoms with van der Waals surface area (Å²) in [5.41, 5.74) is 3.73. The standard InChI is InChI=1S/C36H49N9O6S/c1-25-22-28(23-32-33(25)39-40-38-32)26(2)45(35(48)49)20-11-30(44-15-8-27-6-4-5-7-31(27)37-34(44)47)24-36(45,12-21-46)42-13-9-29(10-14-42)41-16-18-43(19-17-41)52(3,50)51/h4-7,21-23,26,29-30H,8-20,24H2,1-3H3,(H2-,37,38,39,40,47,48,49)/p+1/t26?,30?,36?,45-/m0/s1. The molecule has 4 atom stereocenters. The van der Waals surface area contributed by atoms with Crippen LogP contribution in [-0.4, -0.2) is 147 Å². The number of carboxylic acid groups (broad SMARTS) is 1. The Balaban J connectivity index is 1.24. The fourth-order valence-corrected chi connectivity index (χ4v) is 10.6. The minimum atomic E-state index is -3.25. The normalized spacial score (nSPS) is 27.9. The molecule has 15 nitrogen and oxygen atoms in total. The molecule has 3 unspecified atom stereocenters. The van der Waals surface area contributed by atoms with Gasteiger partial charge in [0.1, 0.15) is 23.4 Å². The second-order valence-corrected chi connectivity index (χ2v) is 17.0. The van der Waals surface area contributed by atoms with Crippen molar-refractivity contribution in [1.29, 1.82) is 0 Å². The summed E-state index contributed by atoms with van der Waals surface area (Å²) in [6.45, 7) is 7.89. The molecule has 0 spiro atoms. The van der Waals surface area contributed by atoms with Crippen molar-refractivity contribution in [2.45, 2.75) is 76.2 Å². The Morgan fingerprint density at radius 1 is 1.06 bits per heavy atom. The second-order valence-electron chi connectivity index (χ2n) is 15.0. The van der Waals surface area contributed by atoms with Crippen LogP contribution < -0.4 is 5.32 Å². The van der Waals surface area contributed by atoms with E-state index in [4.69, 9.17) is 0 Å². The fraction of sp³-hybridized carbons (Fsp3) is 0.583. The smallest absolute Gasteiger partial charge is 0.435 e. The number of sulfonamides is 1. The van der Waals surface area contributed by atoms with Crippen LogP contribution >= 0.6 is 0 Å². The molecule has 0 saturated carbocycles. The lowest BCUT2D eigenvalue weighted by Gasteiger charge is -2.61. The number of urea groups is 1. The van der Waals surface area contributed by atoms with E-state index in [2.05, 4.69) is 30.5 Å². The van der Waals surface area contributed by atoms with E-state index in [1.54, 1.807) is 0 Å². The minimum Gasteiger partial charge on any atom is -0.435 e. The number of carbonyl (C=O) groups is 3. The van der Waals surface area contributed by atoms with Crippen LogP contribution in [0.3, 0.4) is 0 Å². The largest absolute Gasteiger partial charge is 0.515 e. The average molecular weight is 737 g/mol. The van der Waals surface area contributed by atoms with Gasteiger partial charge in [-0.25, -0.2) is 13.2 Å². The van der Waals surface area contributed by atoms with E-state index in [0.29, 0.717) is 70.6 Å². The summed E-state index contributed by atoms with van der Waals surface area (Å²) >= 11 is 0. The van der Waals surface area contributed by atoms with Crippen LogP contribution in [0.1, 0.15) is 61.8 Å². The summed E-state index contributed by atoms with van der Waals surface area (Å²) in [6, 6.07) is 10.8. The van der Waals surface area contributed by atoms with E-state index in [1.165, 1.54) is 10.6 Å². The van der Waals surface area contributed by atoms with Crippen molar-refractivity contribution in [2.24, 2.45) is 0 Å². The number of carbonyl (C=O) groups excluding carboxylic acids is 2. The van der Waals surface area contributed by atoms with Crippen LogP contribution in [-0.2, 0) is 21.2 Å². The van der Waals surface area contributed by atoms with Crippen LogP contribution in [0, 0.1) is 6.92 Å². The van der Waals surface area contributed by atoms with Crippen molar-refractivity contribution >= 4 is 45.2 Å². The van der Waals surface area contributed by atoms with Crippen molar-refractivity contribution in [3.8, 4) is 0 Å². The highest BCUT2D eigenvalue weighted by Gasteiger charge is 2.66. The van der Waals surface area contributed by atoms with Gasteiger partial charge in [-0.3, -0.25) is 9.80 Å². The van der Waals surface area contributed by atoms with E-state index in [9.17, 15) is 27.9 Å². The topological polar surface area (TPSA) is 172 Å². The van der Waals surface area contributed by atoms with Crippen molar-refractivity contribution in [2.75, 3.05) is 63.9 Å². The number of H-pyrrole nitrogens is 1. The molecule has 0 bridgehead atoms. The lowest BCUT2D eigenvalue weighted by atomic mass is 9.79. The number of likely N-dealkylation sites (tertiary alicyclic amines) is 2. The maximum atomic E-state index is 14.1. The molecule has 0 aliphatic carbocycles. The molecule has 4 aliphatic heterocycles. The van der Waals surface area contributed by atoms with Gasteiger partial charge in [0.05, 0.1) is 19.2 Å². The number of aromatic amines is 1. The fourth-order valence-electron chi connectivity index (χ4n) is 9.78. The highest BCUT2D eigenvalue weighted by Crippen LogP contribution is 2.50. The monoisotopic (exact) mass is 736 g/mol. The summed E-state index contributed by atoms with van der Waals surface area (Å²) in [6.07, 6.45) is 4.03. The second kappa shape index (κ2) is 14.1. The number of amides is 3. The molecule has 3 aromatic rings. The van der Waals surface area contributed by atoms with Crippen LogP contribution in [0.4, 0.5) is 15.3 Å². The molecule has 280 valence electrons. The number of aromatic nitrogens is 3. The molecule has 5 heterocycles. The molecule has 2 aromatic carbocycles. The van der Waals surface area contributed by atoms with Crippen molar-refractivity contribution < 1.29 is 32.4 Å². The first kappa shape index (κ1) is 36.4. The number of benzene rings is 2. The Labute approximate surface area is 304 Å². The maximum Gasteiger partial charge on any atom is 0.515 e. The van der Waals surface area contributed by atoms with Crippen LogP contribution in [0.25, 0.3) is 11.0 Å². The van der Waals surface area contributed by atoms with Gasteiger partial charge >= 0.3 is 12.1 Å². The summed E-state index contributed by atoms with van der Waals surface area (Å²) in [4.78, 5) is 47.4. The summed E-state index contributed by atoms with van der Waals surface area (Å²) in [5, 5.41) is 25.9. The van der Waals surface area contributed by atoms with E-state index >= 15 is 0 Å². The molecule has 16 heteroatoms. The van der Waals surface area contributed by atoms with E-state index in [-0.39, 0.29) is 35.6 Å². The number of rotatable bonds is 8. The first-order chi connectivity index (χ1) is 24.9. The number of hydrogen-bond donors (Lipinski definition) is 3. The molecule has 4 aliphatic rings. The molecule has 0 radical (unpaired) electrons. The molecule has 1 aromatic heterocycles. The third-order valence-electron chi connectivity index (χ3n) is 12.5. The van der Waals surface area contributed by atoms with Crippen molar-refractivity contribution in [3.63, 3.8) is 0 Å². The lowest BCUT2D eigenvalue weighted by Crippen LogP contribution is -2.79. The van der Waals surface area contributed by atoms with Crippen molar-refractivity contribution in [1.82, 2.24) is 34.4 Å². The summed E-state index contributed by atoms with van der Waals surface area (Å²) in [5.74, 6) is 0. The number of anilines is 1. The highest BCUT2D eigenvalue weighted by atomic mass is 32.2. The van der Waals surface area contributed by atoms with E-state index in [0.717, 1.165) is 47.0 Å². The number of piperidine rings is 2. The van der Waals surface area contributed by atoms with Gasteiger partial charge in [0.15, 0.2) is 5.66 Å². The Kier molecular flexibility index (Phi) is 9.88. The quantitative estimate of drug-likeness (QED) is 0.230. The number of nitrogens with one attached hydrogen (secondary N) is 2. The van der Waals surface area contributed by atoms with Gasteiger partial charge in [-0.1, -0.05) is 18.2 Å². The summed E-state index contributed by atoms with van der Waals surface area (Å²) in [7, 11) is -3.25. The zero-order valence-corrected chi connectivity index (χ0v) is 31.0. The number of hydrogen-bond acceptors (Lipinski definition) is 9. The first-order valence-electron chi connectivity index (χ1n) is 18.3. The van der Waals surface area contributed by atoms with Crippen LogP contribution in [0.15, 0.2) is 36.4 Å². The molecule has 52 heavy (non-hydrogen) atoms. The van der Waals surface area contributed by atoms with Gasteiger partial charge in [-0.05, 0) is 62.4 Å². The average Bonchev–Trinajstić information content (AvgIpc) is 3.55. The lowest BCUT2D eigenvalue weighted by molar-refractivity contribution is -0.955. The molecule has 3 N–H and O–H groups in total. The van der Waals surface area contributed by atoms with Gasteiger partial charge in [0.2, 0.25) is 10.0 Å². The number of aldehydes is 1. The predicted molar refractivity (Wildman–Crippen MR) is 195 cm³/mol. The van der Waals surface area contributed by atoms with E-state index in [1.807, 2.05) is 55.1 Å². The number of nitrogens with zero attached hydrogens (tertiary/aromatic N) is 7. The van der Waals surface area contributed by atoms with Gasteiger partial charge in [0.25, 0.3) is 0 Å². The van der Waals surface area contributed by atoms with Gasteiger partial charge in [-0.15, -0.1) is 0 Å². The van der Waals surface area contributed by atoms with Crippen LogP contribution in [0.5, 0.6) is 0 Å². The Morgan fingerprint density at radius 3 is 2.48 bits per heavy atom. The van der Waals surface area contributed by atoms with Gasteiger partial charge in [0, 0.05) is 82.0 Å². The third-order valence-corrected chi connectivity index (χ3v) is 13.8. The van der Waals surface area contributed by atoms with Crippen LogP contribution in [0.2, 0.25) is 0 Å². The highest BCUT2D eigenvalue weighted by molar-refractivity contribution is 7.88. The molecule has 3 amide bonds. The number of fused-ring (bicyclic) bond motifs is 2. The van der Waals surface area contributed by atoms with Crippen molar-refractivity contribution in [3.05, 3.63) is 53.1 Å². The number of aryl methyl sites for hydroxylation is 1. The SMILES string of the molecule is Cc1cc(C(C)[N@+]2(C(=O)O)CCC(N3CCc4ccccc4NC3=O)CC2(CC=O)N2CCC(N3CCN(S(C)(=O)=O)CC3)CC2)cc2n[nH]nc12. The number of quaternary nitrogens is 1. The minimum absolute atomic E-state index is 0.0152. The Hall–Kier alpha value is -3.96. The Bertz CT molecular complexity index is 1940. The zero-order valence-electron chi connectivity index (χ0n) is 30.2. The predicted octanol–water partition coefficient (Wildman–Crippen LogP) is 3.40. The zero-order chi connectivity index (χ0) is 36.8. The Morgan fingerprint density at radius 2 is 1.79 bits per heavy atom. The number of para-hydroxylation sites is 1. The third kappa shape index (κ3) is 6.27. The van der Waals surface area contributed by atoms with Gasteiger partial charge in [-0.2, -0.15) is 29.0 Å². The van der Waals surface area contributed by atoms with Gasteiger partial charge < -0.3 is 20.1 Å². The summed E-state index contributed by atoms with van der Waals surface area (Å²) < 4.78 is 25.4. The van der Waals surface area contributed by atoms with E-state index < -0.39 is 27.8 Å². The molecule has 3 saturated heterocycles. The first-order valence-corrected chi connectivity index (χ1v) is 20.2.